The smallest absolute Gasteiger partial charge is 0.358 e. The molecule has 0 saturated heterocycles. The highest BCUT2D eigenvalue weighted by atomic mass is 16.5. The van der Waals surface area contributed by atoms with Crippen molar-refractivity contribution in [2.45, 2.75) is 12.5 Å². The predicted molar refractivity (Wildman–Crippen MR) is 78.0 cm³/mol. The molecule has 0 bridgehead atoms. The Morgan fingerprint density at radius 1 is 1.24 bits per heavy atom. The largest absolute Gasteiger partial charge is 0.464 e. The number of ether oxygens (including phenoxy) is 1. The van der Waals surface area contributed by atoms with Crippen molar-refractivity contribution in [2.24, 2.45) is 0 Å². The molecular formula is C15H17N3O3. The summed E-state index contributed by atoms with van der Waals surface area (Å²) in [7, 11) is 1.29. The average molecular weight is 287 g/mol. The van der Waals surface area contributed by atoms with Gasteiger partial charge in [0.2, 0.25) is 0 Å². The van der Waals surface area contributed by atoms with E-state index in [0.29, 0.717) is 12.2 Å². The summed E-state index contributed by atoms with van der Waals surface area (Å²) in [6.07, 6.45) is 0.664. The number of methoxy groups -OCH3 is 1. The summed E-state index contributed by atoms with van der Waals surface area (Å²) < 4.78 is 4.56. The maximum atomic E-state index is 11.3. The minimum atomic E-state index is -0.531. The van der Waals surface area contributed by atoms with Crippen LogP contribution in [0.2, 0.25) is 0 Å². The monoisotopic (exact) mass is 287 g/mol. The second kappa shape index (κ2) is 7.35. The zero-order chi connectivity index (χ0) is 15.1. The minimum Gasteiger partial charge on any atom is -0.464 e. The third-order valence-corrected chi connectivity index (χ3v) is 2.96. The van der Waals surface area contributed by atoms with E-state index in [0.717, 1.165) is 5.56 Å². The number of rotatable bonds is 6. The first-order chi connectivity index (χ1) is 10.2. The highest BCUT2D eigenvalue weighted by Crippen LogP contribution is 2.09. The summed E-state index contributed by atoms with van der Waals surface area (Å²) in [4.78, 5) is 11.3. The molecule has 1 atom stereocenters. The van der Waals surface area contributed by atoms with Crippen molar-refractivity contribution < 1.29 is 14.6 Å². The molecule has 2 N–H and O–H groups in total. The molecule has 0 aliphatic rings. The molecule has 21 heavy (non-hydrogen) atoms. The number of anilines is 1. The van der Waals surface area contributed by atoms with E-state index in [2.05, 4.69) is 20.3 Å². The fourth-order valence-corrected chi connectivity index (χ4v) is 1.89. The van der Waals surface area contributed by atoms with Crippen molar-refractivity contribution in [3.05, 3.63) is 53.7 Å². The Balaban J connectivity index is 2.00. The number of aromatic nitrogens is 2. The van der Waals surface area contributed by atoms with E-state index < -0.39 is 5.97 Å². The van der Waals surface area contributed by atoms with E-state index in [1.165, 1.54) is 13.2 Å². The number of aliphatic hydroxyl groups is 1. The number of carbonyl (C=O) groups is 1. The van der Waals surface area contributed by atoms with Crippen LogP contribution in [0, 0.1) is 0 Å². The van der Waals surface area contributed by atoms with Gasteiger partial charge in [-0.2, -0.15) is 0 Å². The van der Waals surface area contributed by atoms with Crippen LogP contribution in [0.3, 0.4) is 0 Å². The third kappa shape index (κ3) is 4.25. The molecule has 0 radical (unpaired) electrons. The van der Waals surface area contributed by atoms with Gasteiger partial charge in [0.25, 0.3) is 0 Å². The van der Waals surface area contributed by atoms with Crippen LogP contribution in [-0.4, -0.2) is 41.0 Å². The van der Waals surface area contributed by atoms with Gasteiger partial charge in [0.15, 0.2) is 5.69 Å². The maximum Gasteiger partial charge on any atom is 0.358 e. The molecule has 110 valence electrons. The summed E-state index contributed by atoms with van der Waals surface area (Å²) in [5.41, 5.74) is 1.26. The normalized spacial score (nSPS) is 11.7. The van der Waals surface area contributed by atoms with E-state index in [1.54, 1.807) is 6.07 Å². The lowest BCUT2D eigenvalue weighted by molar-refractivity contribution is 0.0592. The lowest BCUT2D eigenvalue weighted by atomic mass is 10.1. The van der Waals surface area contributed by atoms with Crippen LogP contribution < -0.4 is 5.32 Å². The van der Waals surface area contributed by atoms with E-state index in [-0.39, 0.29) is 18.3 Å². The first-order valence-electron chi connectivity index (χ1n) is 6.56. The zero-order valence-electron chi connectivity index (χ0n) is 11.7. The van der Waals surface area contributed by atoms with Crippen LogP contribution in [0.4, 0.5) is 5.82 Å². The molecule has 0 saturated carbocycles. The van der Waals surface area contributed by atoms with Crippen LogP contribution in [0.25, 0.3) is 0 Å². The van der Waals surface area contributed by atoms with E-state index >= 15 is 0 Å². The first kappa shape index (κ1) is 14.9. The molecule has 0 fully saturated rings. The number of carbonyl (C=O) groups excluding carboxylic acids is 1. The lowest BCUT2D eigenvalue weighted by Gasteiger charge is -2.16. The van der Waals surface area contributed by atoms with Gasteiger partial charge in [0, 0.05) is 0 Å². The van der Waals surface area contributed by atoms with Crippen molar-refractivity contribution in [2.75, 3.05) is 19.0 Å². The first-order valence-corrected chi connectivity index (χ1v) is 6.56. The number of aliphatic hydroxyl groups excluding tert-OH is 1. The van der Waals surface area contributed by atoms with Gasteiger partial charge < -0.3 is 15.2 Å². The molecule has 6 heteroatoms. The molecule has 0 aliphatic heterocycles. The summed E-state index contributed by atoms with van der Waals surface area (Å²) in [5.74, 6) is -0.0327. The van der Waals surface area contributed by atoms with Gasteiger partial charge in [-0.3, -0.25) is 0 Å². The molecule has 0 aliphatic carbocycles. The Hall–Kier alpha value is -2.47. The molecule has 1 heterocycles. The van der Waals surface area contributed by atoms with Crippen LogP contribution in [-0.2, 0) is 11.2 Å². The second-order valence-corrected chi connectivity index (χ2v) is 4.51. The number of esters is 1. The van der Waals surface area contributed by atoms with Gasteiger partial charge in [-0.25, -0.2) is 4.79 Å². The summed E-state index contributed by atoms with van der Waals surface area (Å²) >= 11 is 0. The van der Waals surface area contributed by atoms with Gasteiger partial charge in [-0.1, -0.05) is 30.3 Å². The van der Waals surface area contributed by atoms with Gasteiger partial charge in [0.1, 0.15) is 5.82 Å². The van der Waals surface area contributed by atoms with Crippen LogP contribution in [0.15, 0.2) is 42.5 Å². The van der Waals surface area contributed by atoms with Crippen molar-refractivity contribution in [1.82, 2.24) is 10.2 Å². The fourth-order valence-electron chi connectivity index (χ4n) is 1.89. The zero-order valence-corrected chi connectivity index (χ0v) is 11.7. The second-order valence-electron chi connectivity index (χ2n) is 4.51. The van der Waals surface area contributed by atoms with Gasteiger partial charge >= 0.3 is 5.97 Å². The van der Waals surface area contributed by atoms with Crippen molar-refractivity contribution in [3.8, 4) is 0 Å². The topological polar surface area (TPSA) is 84.3 Å². The van der Waals surface area contributed by atoms with Crippen LogP contribution >= 0.6 is 0 Å². The maximum absolute atomic E-state index is 11.3. The number of nitrogens with zero attached hydrogens (tertiary/aromatic N) is 2. The third-order valence-electron chi connectivity index (χ3n) is 2.96. The summed E-state index contributed by atoms with van der Waals surface area (Å²) in [6, 6.07) is 12.8. The molecule has 0 spiro atoms. The highest BCUT2D eigenvalue weighted by molar-refractivity contribution is 5.86. The quantitative estimate of drug-likeness (QED) is 0.779. The van der Waals surface area contributed by atoms with Gasteiger partial charge in [-0.05, 0) is 24.1 Å². The SMILES string of the molecule is COC(=O)c1ccc(NC(CO)Cc2ccccc2)nn1. The summed E-state index contributed by atoms with van der Waals surface area (Å²) in [6.45, 7) is -0.0324. The van der Waals surface area contributed by atoms with E-state index in [4.69, 9.17) is 0 Å². The Kier molecular flexibility index (Phi) is 5.22. The van der Waals surface area contributed by atoms with Crippen LogP contribution in [0.1, 0.15) is 16.1 Å². The Labute approximate surface area is 122 Å². The summed E-state index contributed by atoms with van der Waals surface area (Å²) in [5, 5.41) is 20.2. The van der Waals surface area contributed by atoms with Crippen molar-refractivity contribution in [3.63, 3.8) is 0 Å². The van der Waals surface area contributed by atoms with Crippen LogP contribution in [0.5, 0.6) is 0 Å². The molecule has 6 nitrogen and oxygen atoms in total. The molecule has 2 rings (SSSR count). The number of hydrogen-bond acceptors (Lipinski definition) is 6. The molecule has 2 aromatic rings. The number of nitrogens with one attached hydrogen (secondary N) is 1. The molecule has 1 aromatic heterocycles. The predicted octanol–water partition coefficient (Wildman–Crippen LogP) is 1.28. The van der Waals surface area contributed by atoms with E-state index in [1.807, 2.05) is 30.3 Å². The molecule has 1 unspecified atom stereocenters. The fraction of sp³-hybridized carbons (Fsp3) is 0.267. The standard InChI is InChI=1S/C15H17N3O3/c1-21-15(20)13-7-8-14(18-17-13)16-12(10-19)9-11-5-3-2-4-6-11/h2-8,12,19H,9-10H2,1H3,(H,16,18). The highest BCUT2D eigenvalue weighted by Gasteiger charge is 2.11. The number of hydrogen-bond donors (Lipinski definition) is 2. The van der Waals surface area contributed by atoms with Crippen molar-refractivity contribution in [1.29, 1.82) is 0 Å². The number of benzene rings is 1. The van der Waals surface area contributed by atoms with Gasteiger partial charge in [-0.15, -0.1) is 10.2 Å². The molecule has 1 aromatic carbocycles. The Morgan fingerprint density at radius 3 is 2.57 bits per heavy atom. The van der Waals surface area contributed by atoms with E-state index in [9.17, 15) is 9.90 Å². The molecular weight excluding hydrogens is 270 g/mol. The minimum absolute atomic E-state index is 0.0324. The lowest BCUT2D eigenvalue weighted by Crippen LogP contribution is -2.27. The molecule has 0 amide bonds. The average Bonchev–Trinajstić information content (AvgIpc) is 2.55. The van der Waals surface area contributed by atoms with Crippen molar-refractivity contribution >= 4 is 11.8 Å². The Bertz CT molecular complexity index is 572. The van der Waals surface area contributed by atoms with Gasteiger partial charge in [0.05, 0.1) is 19.8 Å². The Morgan fingerprint density at radius 2 is 2.00 bits per heavy atom.